The van der Waals surface area contributed by atoms with Gasteiger partial charge >= 0.3 is 6.03 Å². The molecule has 0 unspecified atom stereocenters. The fraction of sp³-hybridized carbons (Fsp3) is 0.400. The molecule has 5 heteroatoms. The van der Waals surface area contributed by atoms with Crippen molar-refractivity contribution in [2.45, 2.75) is 25.4 Å². The normalized spacial score (nSPS) is 14.7. The van der Waals surface area contributed by atoms with Crippen LogP contribution in [0.2, 0.25) is 0 Å². The summed E-state index contributed by atoms with van der Waals surface area (Å²) in [4.78, 5) is 15.3. The van der Waals surface area contributed by atoms with Gasteiger partial charge in [0.2, 0.25) is 0 Å². The molecule has 1 aliphatic rings. The number of carbonyl (C=O) groups excluding carboxylic acids is 1. The molecule has 0 aliphatic heterocycles. The van der Waals surface area contributed by atoms with Crippen molar-refractivity contribution < 1.29 is 4.79 Å². The van der Waals surface area contributed by atoms with Crippen LogP contribution in [0.5, 0.6) is 0 Å². The molecule has 0 spiro atoms. The number of nitrogens with zero attached hydrogens (tertiary/aromatic N) is 1. The Balaban J connectivity index is 1.78. The number of pyridine rings is 1. The van der Waals surface area contributed by atoms with Gasteiger partial charge in [-0.2, -0.15) is 0 Å². The maximum absolute atomic E-state index is 11.3. The molecule has 1 aromatic rings. The van der Waals surface area contributed by atoms with E-state index in [1.165, 1.54) is 0 Å². The first-order valence-electron chi connectivity index (χ1n) is 4.88. The van der Waals surface area contributed by atoms with Gasteiger partial charge in [-0.25, -0.2) is 4.79 Å². The highest BCUT2D eigenvalue weighted by molar-refractivity contribution is 9.10. The molecule has 0 bridgehead atoms. The largest absolute Gasteiger partial charge is 0.335 e. The van der Waals surface area contributed by atoms with Crippen molar-refractivity contribution in [3.05, 3.63) is 28.5 Å². The van der Waals surface area contributed by atoms with Crippen LogP contribution in [0, 0.1) is 0 Å². The molecule has 1 aromatic heterocycles. The number of carbonyl (C=O) groups is 1. The summed E-state index contributed by atoms with van der Waals surface area (Å²) >= 11 is 3.33. The van der Waals surface area contributed by atoms with Crippen LogP contribution in [-0.2, 0) is 6.54 Å². The second kappa shape index (κ2) is 4.61. The van der Waals surface area contributed by atoms with Crippen LogP contribution >= 0.6 is 15.9 Å². The summed E-state index contributed by atoms with van der Waals surface area (Å²) in [5.74, 6) is 0. The van der Waals surface area contributed by atoms with E-state index in [4.69, 9.17) is 0 Å². The Morgan fingerprint density at radius 3 is 3.00 bits per heavy atom. The maximum Gasteiger partial charge on any atom is 0.315 e. The minimum Gasteiger partial charge on any atom is -0.335 e. The molecule has 15 heavy (non-hydrogen) atoms. The van der Waals surface area contributed by atoms with E-state index >= 15 is 0 Å². The molecule has 1 saturated carbocycles. The van der Waals surface area contributed by atoms with E-state index in [0.29, 0.717) is 12.6 Å². The molecule has 1 aliphatic carbocycles. The van der Waals surface area contributed by atoms with E-state index in [0.717, 1.165) is 22.9 Å². The van der Waals surface area contributed by atoms with Gasteiger partial charge in [-0.15, -0.1) is 0 Å². The average molecular weight is 270 g/mol. The molecular formula is C10H12BrN3O. The first kappa shape index (κ1) is 10.4. The number of urea groups is 1. The van der Waals surface area contributed by atoms with Crippen molar-refractivity contribution in [1.82, 2.24) is 15.6 Å². The number of amides is 2. The van der Waals surface area contributed by atoms with Crippen LogP contribution < -0.4 is 10.6 Å². The highest BCUT2D eigenvalue weighted by Gasteiger charge is 2.22. The average Bonchev–Trinajstić information content (AvgIpc) is 2.99. The lowest BCUT2D eigenvalue weighted by Gasteiger charge is -2.06. The first-order valence-corrected chi connectivity index (χ1v) is 5.67. The van der Waals surface area contributed by atoms with E-state index in [2.05, 4.69) is 31.5 Å². The zero-order valence-corrected chi connectivity index (χ0v) is 9.75. The highest BCUT2D eigenvalue weighted by Crippen LogP contribution is 2.18. The Hall–Kier alpha value is -1.10. The monoisotopic (exact) mass is 269 g/mol. The molecule has 80 valence electrons. The fourth-order valence-electron chi connectivity index (χ4n) is 1.20. The zero-order chi connectivity index (χ0) is 10.7. The van der Waals surface area contributed by atoms with E-state index in [-0.39, 0.29) is 6.03 Å². The first-order chi connectivity index (χ1) is 7.24. The van der Waals surface area contributed by atoms with Crippen LogP contribution in [0.15, 0.2) is 22.9 Å². The summed E-state index contributed by atoms with van der Waals surface area (Å²) < 4.78 is 0.921. The summed E-state index contributed by atoms with van der Waals surface area (Å²) in [6.45, 7) is 0.505. The van der Waals surface area contributed by atoms with Crippen molar-refractivity contribution in [1.29, 1.82) is 0 Å². The summed E-state index contributed by atoms with van der Waals surface area (Å²) in [6.07, 6.45) is 5.66. The van der Waals surface area contributed by atoms with Crippen molar-refractivity contribution in [3.8, 4) is 0 Å². The van der Waals surface area contributed by atoms with Crippen LogP contribution in [-0.4, -0.2) is 17.1 Å². The number of rotatable bonds is 3. The molecule has 2 amide bonds. The van der Waals surface area contributed by atoms with Gasteiger partial charge in [0.15, 0.2) is 0 Å². The lowest BCUT2D eigenvalue weighted by molar-refractivity contribution is 0.240. The predicted molar refractivity (Wildman–Crippen MR) is 60.3 cm³/mol. The second-order valence-corrected chi connectivity index (χ2v) is 4.53. The van der Waals surface area contributed by atoms with Crippen LogP contribution in [0.25, 0.3) is 0 Å². The van der Waals surface area contributed by atoms with Gasteiger partial charge in [0.1, 0.15) is 0 Å². The molecule has 2 N–H and O–H groups in total. The standard InChI is InChI=1S/C10H12BrN3O/c11-8-3-7(4-12-6-8)5-13-10(15)14-9-1-2-9/h3-4,6,9H,1-2,5H2,(H2,13,14,15). The SMILES string of the molecule is O=C(NCc1cncc(Br)c1)NC1CC1. The summed E-state index contributed by atoms with van der Waals surface area (Å²) in [5.41, 5.74) is 0.982. The van der Waals surface area contributed by atoms with E-state index in [9.17, 15) is 4.79 Å². The third kappa shape index (κ3) is 3.51. The number of nitrogens with one attached hydrogen (secondary N) is 2. The number of halogens is 1. The van der Waals surface area contributed by atoms with Gasteiger partial charge in [-0.3, -0.25) is 4.98 Å². The lowest BCUT2D eigenvalue weighted by Crippen LogP contribution is -2.36. The van der Waals surface area contributed by atoms with E-state index in [1.54, 1.807) is 12.4 Å². The minimum atomic E-state index is -0.0996. The molecule has 0 radical (unpaired) electrons. The number of aromatic nitrogens is 1. The lowest BCUT2D eigenvalue weighted by atomic mass is 10.3. The third-order valence-electron chi connectivity index (χ3n) is 2.13. The van der Waals surface area contributed by atoms with Gasteiger partial charge in [-0.1, -0.05) is 0 Å². The quantitative estimate of drug-likeness (QED) is 0.880. The molecule has 0 aromatic carbocycles. The summed E-state index contributed by atoms with van der Waals surface area (Å²) in [7, 11) is 0. The molecule has 1 fully saturated rings. The number of hydrogen-bond acceptors (Lipinski definition) is 2. The van der Waals surface area contributed by atoms with Gasteiger partial charge in [0, 0.05) is 29.5 Å². The van der Waals surface area contributed by atoms with Crippen LogP contribution in [0.3, 0.4) is 0 Å². The molecule has 1 heterocycles. The van der Waals surface area contributed by atoms with E-state index < -0.39 is 0 Å². The second-order valence-electron chi connectivity index (χ2n) is 3.61. The van der Waals surface area contributed by atoms with Gasteiger partial charge in [0.05, 0.1) is 0 Å². The molecule has 4 nitrogen and oxygen atoms in total. The Morgan fingerprint density at radius 2 is 2.33 bits per heavy atom. The topological polar surface area (TPSA) is 54.0 Å². The molecular weight excluding hydrogens is 258 g/mol. The Bertz CT molecular complexity index is 365. The predicted octanol–water partition coefficient (Wildman–Crippen LogP) is 1.81. The molecule has 0 saturated heterocycles. The Morgan fingerprint density at radius 1 is 1.53 bits per heavy atom. The minimum absolute atomic E-state index is 0.0996. The smallest absolute Gasteiger partial charge is 0.315 e. The van der Waals surface area contributed by atoms with Gasteiger partial charge in [0.25, 0.3) is 0 Å². The third-order valence-corrected chi connectivity index (χ3v) is 2.56. The van der Waals surface area contributed by atoms with Crippen LogP contribution in [0.1, 0.15) is 18.4 Å². The van der Waals surface area contributed by atoms with E-state index in [1.807, 2.05) is 6.07 Å². The van der Waals surface area contributed by atoms with Crippen molar-refractivity contribution in [2.75, 3.05) is 0 Å². The Labute approximate surface area is 96.6 Å². The Kier molecular flexibility index (Phi) is 3.20. The van der Waals surface area contributed by atoms with Gasteiger partial charge in [-0.05, 0) is 40.4 Å². The van der Waals surface area contributed by atoms with Gasteiger partial charge < -0.3 is 10.6 Å². The summed E-state index contributed by atoms with van der Waals surface area (Å²) in [6, 6.07) is 2.23. The molecule has 0 atom stereocenters. The van der Waals surface area contributed by atoms with Crippen molar-refractivity contribution >= 4 is 22.0 Å². The number of hydrogen-bond donors (Lipinski definition) is 2. The van der Waals surface area contributed by atoms with Crippen LogP contribution in [0.4, 0.5) is 4.79 Å². The highest BCUT2D eigenvalue weighted by atomic mass is 79.9. The molecule has 2 rings (SSSR count). The zero-order valence-electron chi connectivity index (χ0n) is 8.16. The van der Waals surface area contributed by atoms with Crippen molar-refractivity contribution in [2.24, 2.45) is 0 Å². The summed E-state index contributed by atoms with van der Waals surface area (Å²) in [5, 5.41) is 5.64. The maximum atomic E-state index is 11.3. The van der Waals surface area contributed by atoms with Crippen molar-refractivity contribution in [3.63, 3.8) is 0 Å². The fourth-order valence-corrected chi connectivity index (χ4v) is 1.61.